The van der Waals surface area contributed by atoms with E-state index in [9.17, 15) is 4.79 Å². The molecule has 2 aromatic rings. The van der Waals surface area contributed by atoms with E-state index >= 15 is 0 Å². The van der Waals surface area contributed by atoms with E-state index in [4.69, 9.17) is 14.4 Å². The van der Waals surface area contributed by atoms with Crippen LogP contribution in [0.3, 0.4) is 0 Å². The highest BCUT2D eigenvalue weighted by Crippen LogP contribution is 2.31. The largest absolute Gasteiger partial charge is 0.419 e. The molecule has 1 aromatic heterocycles. The van der Waals surface area contributed by atoms with Gasteiger partial charge in [0.25, 0.3) is 0 Å². The lowest BCUT2D eigenvalue weighted by Crippen LogP contribution is -2.43. The van der Waals surface area contributed by atoms with Crippen molar-refractivity contribution in [3.8, 4) is 6.07 Å². The molecule has 3 rings (SSSR count). The van der Waals surface area contributed by atoms with Crippen molar-refractivity contribution in [2.75, 3.05) is 13.2 Å². The van der Waals surface area contributed by atoms with Crippen LogP contribution in [0.15, 0.2) is 27.4 Å². The molecule has 0 N–H and O–H groups in total. The Morgan fingerprint density at radius 2 is 2.28 bits per heavy atom. The van der Waals surface area contributed by atoms with Gasteiger partial charge in [-0.1, -0.05) is 6.07 Å². The normalized spacial score (nSPS) is 17.3. The zero-order chi connectivity index (χ0) is 12.8. The summed E-state index contributed by atoms with van der Waals surface area (Å²) in [5.74, 6) is -0.371. The van der Waals surface area contributed by atoms with E-state index in [2.05, 4.69) is 6.07 Å². The maximum absolute atomic E-state index is 11.4. The third kappa shape index (κ3) is 1.54. The summed E-state index contributed by atoms with van der Waals surface area (Å²) in [7, 11) is 1.67. The van der Waals surface area contributed by atoms with Crippen molar-refractivity contribution < 1.29 is 9.15 Å². The molecule has 1 aromatic carbocycles. The van der Waals surface area contributed by atoms with E-state index < -0.39 is 5.41 Å². The Morgan fingerprint density at radius 1 is 1.50 bits per heavy atom. The van der Waals surface area contributed by atoms with E-state index in [1.165, 1.54) is 4.57 Å². The van der Waals surface area contributed by atoms with Crippen molar-refractivity contribution in [3.05, 3.63) is 34.3 Å². The van der Waals surface area contributed by atoms with E-state index in [1.807, 2.05) is 18.2 Å². The van der Waals surface area contributed by atoms with Crippen LogP contribution >= 0.6 is 0 Å². The number of nitriles is 1. The standard InChI is InChI=1S/C13H12N2O3/c1-15-10-3-2-9(4-11(10)18-12(15)16)5-13(6-14)7-17-8-13/h2-4H,5,7-8H2,1H3. The summed E-state index contributed by atoms with van der Waals surface area (Å²) in [5.41, 5.74) is 1.90. The highest BCUT2D eigenvalue weighted by molar-refractivity contribution is 5.73. The van der Waals surface area contributed by atoms with E-state index in [-0.39, 0.29) is 5.76 Å². The Labute approximate surface area is 103 Å². The van der Waals surface area contributed by atoms with Crippen molar-refractivity contribution in [2.24, 2.45) is 12.5 Å². The summed E-state index contributed by atoms with van der Waals surface area (Å²) in [6.45, 7) is 0.945. The molecule has 18 heavy (non-hydrogen) atoms. The number of benzene rings is 1. The second-order valence-electron chi connectivity index (χ2n) is 4.79. The van der Waals surface area contributed by atoms with Crippen LogP contribution in [-0.2, 0) is 18.2 Å². The lowest BCUT2D eigenvalue weighted by molar-refractivity contribution is -0.0765. The van der Waals surface area contributed by atoms with Crippen molar-refractivity contribution >= 4 is 11.1 Å². The van der Waals surface area contributed by atoms with Crippen LogP contribution in [0.4, 0.5) is 0 Å². The number of hydrogen-bond acceptors (Lipinski definition) is 4. The summed E-state index contributed by atoms with van der Waals surface area (Å²) in [6, 6.07) is 7.91. The highest BCUT2D eigenvalue weighted by atomic mass is 16.5. The van der Waals surface area contributed by atoms with Crippen LogP contribution in [0.1, 0.15) is 5.56 Å². The number of hydrogen-bond donors (Lipinski definition) is 0. The first kappa shape index (κ1) is 11.1. The first-order chi connectivity index (χ1) is 8.63. The molecule has 0 bridgehead atoms. The Kier molecular flexibility index (Phi) is 2.28. The monoisotopic (exact) mass is 244 g/mol. The molecule has 92 valence electrons. The average molecular weight is 244 g/mol. The summed E-state index contributed by atoms with van der Waals surface area (Å²) in [5, 5.41) is 9.15. The molecular weight excluding hydrogens is 232 g/mol. The molecule has 5 heteroatoms. The topological polar surface area (TPSA) is 68.2 Å². The van der Waals surface area contributed by atoms with Crippen LogP contribution in [0.5, 0.6) is 0 Å². The average Bonchev–Trinajstić information content (AvgIpc) is 2.60. The van der Waals surface area contributed by atoms with Gasteiger partial charge >= 0.3 is 5.76 Å². The number of aryl methyl sites for hydroxylation is 1. The summed E-state index contributed by atoms with van der Waals surface area (Å²) >= 11 is 0. The number of nitrogens with zero attached hydrogens (tertiary/aromatic N) is 2. The van der Waals surface area contributed by atoms with Crippen molar-refractivity contribution in [3.63, 3.8) is 0 Å². The summed E-state index contributed by atoms with van der Waals surface area (Å²) < 4.78 is 11.7. The fourth-order valence-corrected chi connectivity index (χ4v) is 2.23. The smallest absolute Gasteiger partial charge is 0.408 e. The first-order valence-electron chi connectivity index (χ1n) is 5.71. The highest BCUT2D eigenvalue weighted by Gasteiger charge is 2.39. The van der Waals surface area contributed by atoms with Crippen LogP contribution in [0, 0.1) is 16.7 Å². The fraction of sp³-hybridized carbons (Fsp3) is 0.385. The van der Waals surface area contributed by atoms with Crippen molar-refractivity contribution in [2.45, 2.75) is 6.42 Å². The molecule has 1 aliphatic heterocycles. The minimum Gasteiger partial charge on any atom is -0.408 e. The number of oxazole rings is 1. The van der Waals surface area contributed by atoms with Crippen LogP contribution in [-0.4, -0.2) is 17.8 Å². The number of ether oxygens (including phenoxy) is 1. The van der Waals surface area contributed by atoms with Gasteiger partial charge in [-0.25, -0.2) is 4.79 Å². The van der Waals surface area contributed by atoms with E-state index in [1.54, 1.807) is 7.05 Å². The molecule has 5 nitrogen and oxygen atoms in total. The molecule has 0 atom stereocenters. The molecular formula is C13H12N2O3. The van der Waals surface area contributed by atoms with Gasteiger partial charge in [0.1, 0.15) is 5.41 Å². The van der Waals surface area contributed by atoms with Gasteiger partial charge in [0, 0.05) is 7.05 Å². The number of aromatic nitrogens is 1. The van der Waals surface area contributed by atoms with E-state index in [0.717, 1.165) is 11.1 Å². The number of fused-ring (bicyclic) bond motifs is 1. The lowest BCUT2D eigenvalue weighted by atomic mass is 9.81. The zero-order valence-corrected chi connectivity index (χ0v) is 9.97. The predicted octanol–water partition coefficient (Wildman–Crippen LogP) is 1.21. The first-order valence-corrected chi connectivity index (χ1v) is 5.71. The Hall–Kier alpha value is -2.06. The molecule has 0 aliphatic carbocycles. The van der Waals surface area contributed by atoms with Crippen molar-refractivity contribution in [1.29, 1.82) is 5.26 Å². The number of rotatable bonds is 2. The molecule has 0 radical (unpaired) electrons. The maximum atomic E-state index is 11.4. The van der Waals surface area contributed by atoms with Gasteiger partial charge in [0.15, 0.2) is 5.58 Å². The Bertz CT molecular complexity index is 701. The Balaban J connectivity index is 1.99. The third-order valence-electron chi connectivity index (χ3n) is 3.39. The third-order valence-corrected chi connectivity index (χ3v) is 3.39. The quantitative estimate of drug-likeness (QED) is 0.796. The second kappa shape index (κ2) is 3.72. The van der Waals surface area contributed by atoms with Gasteiger partial charge in [0.05, 0.1) is 24.8 Å². The van der Waals surface area contributed by atoms with Gasteiger partial charge in [-0.15, -0.1) is 0 Å². The molecule has 0 saturated carbocycles. The maximum Gasteiger partial charge on any atom is 0.419 e. The zero-order valence-electron chi connectivity index (χ0n) is 9.97. The molecule has 1 saturated heterocycles. The lowest BCUT2D eigenvalue weighted by Gasteiger charge is -2.35. The summed E-state index contributed by atoms with van der Waals surface area (Å²) in [6.07, 6.45) is 0.623. The SMILES string of the molecule is Cn1c(=O)oc2cc(CC3(C#N)COC3)ccc21. The minimum atomic E-state index is -0.414. The minimum absolute atomic E-state index is 0.371. The van der Waals surface area contributed by atoms with Gasteiger partial charge < -0.3 is 9.15 Å². The molecule has 0 spiro atoms. The van der Waals surface area contributed by atoms with Crippen LogP contribution < -0.4 is 5.76 Å². The van der Waals surface area contributed by atoms with Gasteiger partial charge in [-0.2, -0.15) is 5.26 Å². The van der Waals surface area contributed by atoms with Crippen LogP contribution in [0.25, 0.3) is 11.1 Å². The summed E-state index contributed by atoms with van der Waals surface area (Å²) in [4.78, 5) is 11.4. The molecule has 1 aliphatic rings. The molecule has 2 heterocycles. The predicted molar refractivity (Wildman–Crippen MR) is 64.0 cm³/mol. The second-order valence-corrected chi connectivity index (χ2v) is 4.79. The van der Waals surface area contributed by atoms with Gasteiger partial charge in [-0.05, 0) is 24.1 Å². The van der Waals surface area contributed by atoms with Crippen LogP contribution in [0.2, 0.25) is 0 Å². The molecule has 0 unspecified atom stereocenters. The van der Waals surface area contributed by atoms with Crippen molar-refractivity contribution in [1.82, 2.24) is 4.57 Å². The molecule has 1 fully saturated rings. The fourth-order valence-electron chi connectivity index (χ4n) is 2.23. The van der Waals surface area contributed by atoms with Gasteiger partial charge in [-0.3, -0.25) is 4.57 Å². The molecule has 0 amide bonds. The van der Waals surface area contributed by atoms with E-state index in [0.29, 0.717) is 25.2 Å². The Morgan fingerprint density at radius 3 is 2.89 bits per heavy atom. The van der Waals surface area contributed by atoms with Gasteiger partial charge in [0.2, 0.25) is 0 Å².